The van der Waals surface area contributed by atoms with E-state index in [0.29, 0.717) is 11.3 Å². The molecule has 0 bridgehead atoms. The van der Waals surface area contributed by atoms with Crippen LogP contribution in [0.4, 0.5) is 0 Å². The van der Waals surface area contributed by atoms with E-state index in [9.17, 15) is 4.79 Å². The van der Waals surface area contributed by atoms with Crippen molar-refractivity contribution in [1.82, 2.24) is 4.98 Å². The quantitative estimate of drug-likeness (QED) is 0.890. The van der Waals surface area contributed by atoms with E-state index < -0.39 is 5.97 Å². The Hall–Kier alpha value is -2.87. The van der Waals surface area contributed by atoms with Gasteiger partial charge in [0.25, 0.3) is 0 Å². The van der Waals surface area contributed by atoms with Crippen LogP contribution in [-0.2, 0) is 0 Å². The molecule has 1 N–H and O–H groups in total. The number of ether oxygens (including phenoxy) is 1. The van der Waals surface area contributed by atoms with E-state index in [1.54, 1.807) is 18.2 Å². The Morgan fingerprint density at radius 3 is 2.94 bits per heavy atom. The lowest BCUT2D eigenvalue weighted by Crippen LogP contribution is -2.00. The number of nitriles is 1. The first-order valence-corrected chi connectivity index (χ1v) is 5.06. The van der Waals surface area contributed by atoms with Gasteiger partial charge in [-0.2, -0.15) is 5.26 Å². The fourth-order valence-corrected chi connectivity index (χ4v) is 1.39. The van der Waals surface area contributed by atoms with Crippen LogP contribution in [0, 0.1) is 11.3 Å². The second kappa shape index (κ2) is 4.97. The number of hydrogen-bond acceptors (Lipinski definition) is 4. The molecule has 5 nitrogen and oxygen atoms in total. The number of carboxylic acids is 1. The summed E-state index contributed by atoms with van der Waals surface area (Å²) in [6.07, 6.45) is 2.65. The van der Waals surface area contributed by atoms with Crippen LogP contribution in [0.1, 0.15) is 15.9 Å². The molecule has 0 radical (unpaired) electrons. The van der Waals surface area contributed by atoms with Crippen LogP contribution >= 0.6 is 0 Å². The van der Waals surface area contributed by atoms with Gasteiger partial charge in [-0.05, 0) is 18.2 Å². The molecule has 0 fully saturated rings. The van der Waals surface area contributed by atoms with Crippen molar-refractivity contribution in [2.45, 2.75) is 0 Å². The monoisotopic (exact) mass is 240 g/mol. The van der Waals surface area contributed by atoms with Gasteiger partial charge in [0.1, 0.15) is 17.1 Å². The molecule has 0 unspecified atom stereocenters. The normalized spacial score (nSPS) is 9.50. The summed E-state index contributed by atoms with van der Waals surface area (Å²) in [4.78, 5) is 14.7. The first-order valence-electron chi connectivity index (χ1n) is 5.06. The van der Waals surface area contributed by atoms with Gasteiger partial charge in [0.15, 0.2) is 0 Å². The number of benzene rings is 1. The van der Waals surface area contributed by atoms with Crippen molar-refractivity contribution >= 4 is 5.97 Å². The standard InChI is InChI=1S/C13H8N2O3/c14-7-9-2-1-3-10(6-9)18-12-4-5-15-8-11(12)13(16)17/h1-6,8H,(H,16,17). The van der Waals surface area contributed by atoms with Gasteiger partial charge in [-0.15, -0.1) is 0 Å². The Morgan fingerprint density at radius 1 is 1.39 bits per heavy atom. The molecule has 1 aromatic heterocycles. The molecular weight excluding hydrogens is 232 g/mol. The topological polar surface area (TPSA) is 83.2 Å². The molecule has 0 spiro atoms. The molecule has 0 atom stereocenters. The van der Waals surface area contributed by atoms with Gasteiger partial charge >= 0.3 is 5.97 Å². The Bertz CT molecular complexity index is 632. The van der Waals surface area contributed by atoms with Gasteiger partial charge in [0.2, 0.25) is 0 Å². The number of carbonyl (C=O) groups is 1. The molecule has 0 amide bonds. The Morgan fingerprint density at radius 2 is 2.22 bits per heavy atom. The molecule has 2 rings (SSSR count). The number of aromatic carboxylic acids is 1. The smallest absolute Gasteiger partial charge is 0.341 e. The summed E-state index contributed by atoms with van der Waals surface area (Å²) < 4.78 is 5.44. The molecule has 88 valence electrons. The van der Waals surface area contributed by atoms with E-state index >= 15 is 0 Å². The first-order chi connectivity index (χ1) is 8.70. The number of aromatic nitrogens is 1. The van der Waals surface area contributed by atoms with E-state index in [1.165, 1.54) is 24.5 Å². The Kier molecular flexibility index (Phi) is 3.21. The molecule has 2 aromatic rings. The highest BCUT2D eigenvalue weighted by Gasteiger charge is 2.11. The van der Waals surface area contributed by atoms with Crippen molar-refractivity contribution in [1.29, 1.82) is 5.26 Å². The van der Waals surface area contributed by atoms with Gasteiger partial charge in [-0.25, -0.2) is 4.79 Å². The molecule has 0 aliphatic heterocycles. The minimum Gasteiger partial charge on any atom is -0.477 e. The molecule has 18 heavy (non-hydrogen) atoms. The summed E-state index contributed by atoms with van der Waals surface area (Å²) in [6, 6.07) is 9.92. The number of nitrogens with zero attached hydrogens (tertiary/aromatic N) is 2. The predicted octanol–water partition coefficient (Wildman–Crippen LogP) is 2.44. The predicted molar refractivity (Wildman–Crippen MR) is 62.4 cm³/mol. The summed E-state index contributed by atoms with van der Waals surface area (Å²) >= 11 is 0. The van der Waals surface area contributed by atoms with E-state index in [0.717, 1.165) is 0 Å². The zero-order valence-electron chi connectivity index (χ0n) is 9.20. The second-order valence-corrected chi connectivity index (χ2v) is 3.42. The first kappa shape index (κ1) is 11.6. The van der Waals surface area contributed by atoms with Crippen LogP contribution in [0.15, 0.2) is 42.7 Å². The highest BCUT2D eigenvalue weighted by atomic mass is 16.5. The summed E-state index contributed by atoms with van der Waals surface area (Å²) in [7, 11) is 0. The minimum absolute atomic E-state index is 0.0279. The largest absolute Gasteiger partial charge is 0.477 e. The molecule has 0 saturated carbocycles. The molecular formula is C13H8N2O3. The van der Waals surface area contributed by atoms with Crippen molar-refractivity contribution in [3.05, 3.63) is 53.9 Å². The third-order valence-corrected chi connectivity index (χ3v) is 2.20. The van der Waals surface area contributed by atoms with Crippen LogP contribution in [0.2, 0.25) is 0 Å². The van der Waals surface area contributed by atoms with E-state index in [2.05, 4.69) is 4.98 Å². The molecule has 0 aliphatic carbocycles. The van der Waals surface area contributed by atoms with Crippen molar-refractivity contribution in [2.24, 2.45) is 0 Å². The van der Waals surface area contributed by atoms with Gasteiger partial charge in [0, 0.05) is 18.5 Å². The third-order valence-electron chi connectivity index (χ3n) is 2.20. The van der Waals surface area contributed by atoms with E-state index in [4.69, 9.17) is 15.1 Å². The number of pyridine rings is 1. The average molecular weight is 240 g/mol. The molecule has 0 saturated heterocycles. The van der Waals surface area contributed by atoms with Crippen LogP contribution in [0.5, 0.6) is 11.5 Å². The van der Waals surface area contributed by atoms with E-state index in [1.807, 2.05) is 6.07 Å². The lowest BCUT2D eigenvalue weighted by atomic mass is 10.2. The number of hydrogen-bond donors (Lipinski definition) is 1. The average Bonchev–Trinajstić information content (AvgIpc) is 2.39. The molecule has 5 heteroatoms. The van der Waals surface area contributed by atoms with Gasteiger partial charge < -0.3 is 9.84 Å². The summed E-state index contributed by atoms with van der Waals surface area (Å²) in [5.74, 6) is -0.523. The van der Waals surface area contributed by atoms with Crippen molar-refractivity contribution in [2.75, 3.05) is 0 Å². The summed E-state index contributed by atoms with van der Waals surface area (Å²) in [5, 5.41) is 17.7. The summed E-state index contributed by atoms with van der Waals surface area (Å²) in [5.41, 5.74) is 0.415. The zero-order valence-corrected chi connectivity index (χ0v) is 9.20. The number of rotatable bonds is 3. The van der Waals surface area contributed by atoms with Gasteiger partial charge in [0.05, 0.1) is 11.6 Å². The number of carboxylic acid groups (broad SMARTS) is 1. The van der Waals surface area contributed by atoms with Gasteiger partial charge in [-0.3, -0.25) is 4.98 Å². The van der Waals surface area contributed by atoms with E-state index in [-0.39, 0.29) is 11.3 Å². The lowest BCUT2D eigenvalue weighted by Gasteiger charge is -2.07. The Balaban J connectivity index is 2.34. The van der Waals surface area contributed by atoms with Crippen molar-refractivity contribution < 1.29 is 14.6 Å². The van der Waals surface area contributed by atoms with Crippen molar-refractivity contribution in [3.8, 4) is 17.6 Å². The zero-order chi connectivity index (χ0) is 13.0. The Labute approximate surface area is 103 Å². The van der Waals surface area contributed by atoms with Crippen molar-refractivity contribution in [3.63, 3.8) is 0 Å². The fourth-order valence-electron chi connectivity index (χ4n) is 1.39. The van der Waals surface area contributed by atoms with Crippen LogP contribution in [-0.4, -0.2) is 16.1 Å². The van der Waals surface area contributed by atoms with Crippen LogP contribution in [0.3, 0.4) is 0 Å². The minimum atomic E-state index is -1.12. The fraction of sp³-hybridized carbons (Fsp3) is 0. The lowest BCUT2D eigenvalue weighted by molar-refractivity contribution is 0.0693. The van der Waals surface area contributed by atoms with Crippen LogP contribution < -0.4 is 4.74 Å². The maximum atomic E-state index is 11.0. The summed E-state index contributed by atoms with van der Waals surface area (Å²) in [6.45, 7) is 0. The highest BCUT2D eigenvalue weighted by Crippen LogP contribution is 2.25. The third kappa shape index (κ3) is 2.44. The SMILES string of the molecule is N#Cc1cccc(Oc2ccncc2C(=O)O)c1. The molecule has 1 heterocycles. The van der Waals surface area contributed by atoms with Crippen LogP contribution in [0.25, 0.3) is 0 Å². The maximum absolute atomic E-state index is 11.0. The second-order valence-electron chi connectivity index (χ2n) is 3.42. The maximum Gasteiger partial charge on any atom is 0.341 e. The molecule has 0 aliphatic rings. The highest BCUT2D eigenvalue weighted by molar-refractivity contribution is 5.90. The van der Waals surface area contributed by atoms with Gasteiger partial charge in [-0.1, -0.05) is 6.07 Å². The molecule has 1 aromatic carbocycles.